The Hall–Kier alpha value is -2.51. The molecule has 3 aliphatic rings. The highest BCUT2D eigenvalue weighted by atomic mass is 16.5. The summed E-state index contributed by atoms with van der Waals surface area (Å²) < 4.78 is 5.64. The number of ether oxygens (including phenoxy) is 1. The van der Waals surface area contributed by atoms with Crippen LogP contribution in [0.15, 0.2) is 36.4 Å². The molecule has 4 atom stereocenters. The van der Waals surface area contributed by atoms with Crippen LogP contribution < -0.4 is 4.90 Å². The first-order valence-corrected chi connectivity index (χ1v) is 7.18. The van der Waals surface area contributed by atoms with Gasteiger partial charge in [-0.1, -0.05) is 18.2 Å². The molecule has 2 fully saturated rings. The van der Waals surface area contributed by atoms with Gasteiger partial charge in [0.05, 0.1) is 35.8 Å². The van der Waals surface area contributed by atoms with E-state index in [1.54, 1.807) is 12.2 Å². The number of aromatic carboxylic acids is 1. The number of hydrogen-bond donors (Lipinski definition) is 2. The van der Waals surface area contributed by atoms with Gasteiger partial charge in [-0.3, -0.25) is 9.59 Å². The highest BCUT2D eigenvalue weighted by Crippen LogP contribution is 2.52. The van der Waals surface area contributed by atoms with E-state index >= 15 is 0 Å². The van der Waals surface area contributed by atoms with Crippen molar-refractivity contribution in [3.8, 4) is 0 Å². The lowest BCUT2D eigenvalue weighted by molar-refractivity contribution is -0.128. The number of rotatable bonds is 3. The van der Waals surface area contributed by atoms with Crippen LogP contribution in [0.25, 0.3) is 0 Å². The summed E-state index contributed by atoms with van der Waals surface area (Å²) in [4.78, 5) is 37.6. The number of nitrogens with zero attached hydrogens (tertiary/aromatic N) is 1. The predicted octanol–water partition coefficient (Wildman–Crippen LogP) is 0.190. The molecule has 1 aromatic carbocycles. The Morgan fingerprint density at radius 1 is 1.30 bits per heavy atom. The fraction of sp³-hybridized carbons (Fsp3) is 0.312. The van der Waals surface area contributed by atoms with E-state index in [0.717, 1.165) is 4.90 Å². The molecule has 7 nitrogen and oxygen atoms in total. The van der Waals surface area contributed by atoms with Crippen LogP contribution in [-0.2, 0) is 14.3 Å². The van der Waals surface area contributed by atoms with Crippen LogP contribution in [0.1, 0.15) is 10.4 Å². The van der Waals surface area contributed by atoms with Crippen LogP contribution in [0.2, 0.25) is 0 Å². The largest absolute Gasteiger partial charge is 0.478 e. The van der Waals surface area contributed by atoms with E-state index in [1.165, 1.54) is 24.3 Å². The maximum atomic E-state index is 12.8. The number of amides is 2. The van der Waals surface area contributed by atoms with Crippen LogP contribution in [0, 0.1) is 11.8 Å². The minimum absolute atomic E-state index is 0.00521. The average Bonchev–Trinajstić information content (AvgIpc) is 3.18. The molecule has 0 aromatic heterocycles. The molecule has 7 heteroatoms. The van der Waals surface area contributed by atoms with Crippen LogP contribution >= 0.6 is 0 Å². The summed E-state index contributed by atoms with van der Waals surface area (Å²) in [5, 5.41) is 18.7. The van der Waals surface area contributed by atoms with Gasteiger partial charge < -0.3 is 14.9 Å². The van der Waals surface area contributed by atoms with Gasteiger partial charge in [0.25, 0.3) is 0 Å². The van der Waals surface area contributed by atoms with Crippen molar-refractivity contribution >= 4 is 23.5 Å². The number of carboxylic acids is 1. The van der Waals surface area contributed by atoms with Crippen molar-refractivity contribution in [3.05, 3.63) is 42.0 Å². The quantitative estimate of drug-likeness (QED) is 0.609. The third-order valence-electron chi connectivity index (χ3n) is 4.75. The Balaban J connectivity index is 1.76. The van der Waals surface area contributed by atoms with Crippen molar-refractivity contribution in [2.75, 3.05) is 11.5 Å². The summed E-state index contributed by atoms with van der Waals surface area (Å²) in [6, 6.07) is 5.69. The second kappa shape index (κ2) is 4.50. The number of fused-ring (bicyclic) bond motifs is 5. The summed E-state index contributed by atoms with van der Waals surface area (Å²) in [6.07, 6.45) is 2.80. The molecule has 0 unspecified atom stereocenters. The Labute approximate surface area is 130 Å². The zero-order valence-electron chi connectivity index (χ0n) is 11.9. The predicted molar refractivity (Wildman–Crippen MR) is 76.7 cm³/mol. The number of imide groups is 1. The molecule has 1 aromatic rings. The first kappa shape index (κ1) is 14.1. The van der Waals surface area contributed by atoms with Gasteiger partial charge >= 0.3 is 5.97 Å². The van der Waals surface area contributed by atoms with E-state index in [-0.39, 0.29) is 17.9 Å². The molecule has 3 heterocycles. The van der Waals surface area contributed by atoms with E-state index in [1.807, 2.05) is 0 Å². The fourth-order valence-electron chi connectivity index (χ4n) is 3.72. The van der Waals surface area contributed by atoms with Gasteiger partial charge in [0, 0.05) is 0 Å². The first-order valence-electron chi connectivity index (χ1n) is 7.18. The molecule has 0 radical (unpaired) electrons. The Kier molecular flexibility index (Phi) is 2.76. The van der Waals surface area contributed by atoms with Crippen LogP contribution in [0.4, 0.5) is 5.69 Å². The third-order valence-corrected chi connectivity index (χ3v) is 4.75. The normalized spacial score (nSPS) is 34.3. The van der Waals surface area contributed by atoms with Gasteiger partial charge in [0.2, 0.25) is 11.8 Å². The Morgan fingerprint density at radius 2 is 2.09 bits per heavy atom. The zero-order valence-corrected chi connectivity index (χ0v) is 11.9. The second-order valence-corrected chi connectivity index (χ2v) is 5.93. The van der Waals surface area contributed by atoms with E-state index in [9.17, 15) is 19.5 Å². The minimum atomic E-state index is -1.15. The first-order chi connectivity index (χ1) is 11.0. The molecule has 3 aliphatic heterocycles. The fourth-order valence-corrected chi connectivity index (χ4v) is 3.72. The lowest BCUT2D eigenvalue weighted by Crippen LogP contribution is -2.43. The molecule has 0 aliphatic carbocycles. The van der Waals surface area contributed by atoms with Gasteiger partial charge in [-0.15, -0.1) is 0 Å². The van der Waals surface area contributed by atoms with Crippen molar-refractivity contribution in [2.24, 2.45) is 11.8 Å². The van der Waals surface area contributed by atoms with Gasteiger partial charge in [0.15, 0.2) is 0 Å². The highest BCUT2D eigenvalue weighted by Gasteiger charge is 2.67. The van der Waals surface area contributed by atoms with E-state index in [2.05, 4.69) is 0 Å². The van der Waals surface area contributed by atoms with Crippen molar-refractivity contribution in [1.29, 1.82) is 0 Å². The van der Waals surface area contributed by atoms with E-state index < -0.39 is 41.3 Å². The smallest absolute Gasteiger partial charge is 0.335 e. The molecule has 2 bridgehead atoms. The van der Waals surface area contributed by atoms with Crippen molar-refractivity contribution < 1.29 is 29.3 Å². The summed E-state index contributed by atoms with van der Waals surface area (Å²) in [7, 11) is 0. The number of benzene rings is 1. The topological polar surface area (TPSA) is 104 Å². The number of carbonyl (C=O) groups is 3. The van der Waals surface area contributed by atoms with Gasteiger partial charge in [-0.2, -0.15) is 0 Å². The van der Waals surface area contributed by atoms with Crippen LogP contribution in [0.3, 0.4) is 0 Å². The minimum Gasteiger partial charge on any atom is -0.478 e. The van der Waals surface area contributed by atoms with Crippen molar-refractivity contribution in [1.82, 2.24) is 0 Å². The molecule has 118 valence electrons. The lowest BCUT2D eigenvalue weighted by atomic mass is 9.77. The number of carboxylic acid groups (broad SMARTS) is 1. The number of anilines is 1. The molecule has 0 saturated carbocycles. The van der Waals surface area contributed by atoms with Crippen molar-refractivity contribution in [2.45, 2.75) is 11.7 Å². The standard InChI is InChI=1S/C16H13NO6/c18-7-16-5-4-10(23-16)11-12(16)14(20)17(13(11)19)9-3-1-2-8(6-9)15(21)22/h1-6,10-12,18H,7H2,(H,21,22)/t10-,11+,12-,16-/m0/s1. The number of aliphatic hydroxyl groups excluding tert-OH is 1. The second-order valence-electron chi connectivity index (χ2n) is 5.93. The summed E-state index contributed by atoms with van der Waals surface area (Å²) in [6.45, 7) is -0.386. The number of aliphatic hydroxyl groups is 1. The van der Waals surface area contributed by atoms with Crippen molar-refractivity contribution in [3.63, 3.8) is 0 Å². The molecular weight excluding hydrogens is 302 g/mol. The molecule has 0 spiro atoms. The van der Waals surface area contributed by atoms with Gasteiger partial charge in [0.1, 0.15) is 5.60 Å². The molecule has 4 rings (SSSR count). The highest BCUT2D eigenvalue weighted by molar-refractivity contribution is 6.23. The zero-order chi connectivity index (χ0) is 16.4. The SMILES string of the molecule is O=C(O)c1cccc(N2C(=O)[C@@H]3[C@@H]4C=C[C@@](CO)(O4)[C@@H]3C2=O)c1. The number of hydrogen-bond acceptors (Lipinski definition) is 5. The number of carbonyl (C=O) groups excluding carboxylic acids is 2. The van der Waals surface area contributed by atoms with Gasteiger partial charge in [-0.05, 0) is 18.2 Å². The average molecular weight is 315 g/mol. The van der Waals surface area contributed by atoms with Crippen LogP contribution in [-0.4, -0.2) is 46.3 Å². The van der Waals surface area contributed by atoms with E-state index in [0.29, 0.717) is 0 Å². The lowest BCUT2D eigenvalue weighted by Gasteiger charge is -2.26. The molecule has 23 heavy (non-hydrogen) atoms. The summed E-state index contributed by atoms with van der Waals surface area (Å²) in [5.41, 5.74) is -0.933. The van der Waals surface area contributed by atoms with Gasteiger partial charge in [-0.25, -0.2) is 9.69 Å². The molecule has 2 N–H and O–H groups in total. The maximum absolute atomic E-state index is 12.8. The summed E-state index contributed by atoms with van der Waals surface area (Å²) in [5.74, 6) is -3.48. The monoisotopic (exact) mass is 315 g/mol. The Bertz CT molecular complexity index is 772. The molecule has 2 amide bonds. The van der Waals surface area contributed by atoms with Crippen LogP contribution in [0.5, 0.6) is 0 Å². The maximum Gasteiger partial charge on any atom is 0.335 e. The summed E-state index contributed by atoms with van der Waals surface area (Å²) >= 11 is 0. The molecular formula is C16H13NO6. The Morgan fingerprint density at radius 3 is 2.78 bits per heavy atom. The molecule has 2 saturated heterocycles. The van der Waals surface area contributed by atoms with E-state index in [4.69, 9.17) is 9.84 Å². The third kappa shape index (κ3) is 1.68.